The van der Waals surface area contributed by atoms with Gasteiger partial charge in [-0.05, 0) is 6.07 Å². The molecule has 0 heterocycles. The van der Waals surface area contributed by atoms with Crippen molar-refractivity contribution >= 4 is 0 Å². The third-order valence-corrected chi connectivity index (χ3v) is 1.57. The summed E-state index contributed by atoms with van der Waals surface area (Å²) in [7, 11) is 1.24. The number of halogens is 2. The van der Waals surface area contributed by atoms with Gasteiger partial charge in [0.25, 0.3) is 0 Å². The maximum Gasteiger partial charge on any atom is 0.169 e. The molecule has 68 valence electrons. The average Bonchev–Trinajstić information content (AvgIpc) is 2.11. The van der Waals surface area contributed by atoms with E-state index in [1.54, 1.807) is 6.07 Å². The van der Waals surface area contributed by atoms with E-state index in [4.69, 9.17) is 5.26 Å². The first-order chi connectivity index (χ1) is 6.19. The molecule has 0 saturated heterocycles. The highest BCUT2D eigenvalue weighted by molar-refractivity contribution is 5.33. The zero-order valence-corrected chi connectivity index (χ0v) is 6.97. The van der Waals surface area contributed by atoms with E-state index in [0.29, 0.717) is 0 Å². The van der Waals surface area contributed by atoms with E-state index in [2.05, 4.69) is 4.74 Å². The number of hydrogen-bond donors (Lipinski definition) is 0. The van der Waals surface area contributed by atoms with Gasteiger partial charge in [0.05, 0.1) is 19.6 Å². The highest BCUT2D eigenvalue weighted by Crippen LogP contribution is 2.22. The van der Waals surface area contributed by atoms with Crippen LogP contribution in [0, 0.1) is 23.0 Å². The number of methoxy groups -OCH3 is 1. The molecule has 0 aliphatic carbocycles. The first-order valence-electron chi connectivity index (χ1n) is 3.58. The van der Waals surface area contributed by atoms with Crippen LogP contribution >= 0.6 is 0 Å². The molecular weight excluding hydrogens is 176 g/mol. The van der Waals surface area contributed by atoms with Gasteiger partial charge in [-0.1, -0.05) is 0 Å². The molecule has 0 bridgehead atoms. The van der Waals surface area contributed by atoms with E-state index in [1.807, 2.05) is 0 Å². The van der Waals surface area contributed by atoms with Gasteiger partial charge in [0, 0.05) is 11.6 Å². The molecule has 0 atom stereocenters. The lowest BCUT2D eigenvalue weighted by Gasteiger charge is -2.04. The molecule has 0 aliphatic heterocycles. The smallest absolute Gasteiger partial charge is 0.169 e. The van der Waals surface area contributed by atoms with Crippen LogP contribution in [0.15, 0.2) is 12.1 Å². The molecule has 13 heavy (non-hydrogen) atoms. The topological polar surface area (TPSA) is 33.0 Å². The second kappa shape index (κ2) is 3.85. The summed E-state index contributed by atoms with van der Waals surface area (Å²) in [6.07, 6.45) is -0.167. The summed E-state index contributed by atoms with van der Waals surface area (Å²) in [4.78, 5) is 0. The second-order valence-electron chi connectivity index (χ2n) is 2.42. The first-order valence-corrected chi connectivity index (χ1v) is 3.58. The SMILES string of the molecule is COc1cc(F)cc(CC#N)c1F. The molecule has 0 amide bonds. The second-order valence-corrected chi connectivity index (χ2v) is 2.42. The predicted molar refractivity (Wildman–Crippen MR) is 42.2 cm³/mol. The van der Waals surface area contributed by atoms with Crippen molar-refractivity contribution in [1.29, 1.82) is 5.26 Å². The Morgan fingerprint density at radius 1 is 1.46 bits per heavy atom. The Kier molecular flexibility index (Phi) is 2.80. The molecule has 4 heteroatoms. The third-order valence-electron chi connectivity index (χ3n) is 1.57. The first kappa shape index (κ1) is 9.46. The summed E-state index contributed by atoms with van der Waals surface area (Å²) >= 11 is 0. The molecule has 0 spiro atoms. The van der Waals surface area contributed by atoms with E-state index in [-0.39, 0.29) is 17.7 Å². The minimum Gasteiger partial charge on any atom is -0.494 e. The molecule has 0 N–H and O–H groups in total. The fourth-order valence-corrected chi connectivity index (χ4v) is 0.981. The van der Waals surface area contributed by atoms with Gasteiger partial charge in [-0.3, -0.25) is 0 Å². The lowest BCUT2D eigenvalue weighted by Crippen LogP contribution is -1.95. The minimum absolute atomic E-state index is 0.0133. The standard InChI is InChI=1S/C9H7F2NO/c1-13-8-5-7(10)4-6(2-3-12)9(8)11/h4-5H,2H2,1H3. The number of benzene rings is 1. The van der Waals surface area contributed by atoms with E-state index >= 15 is 0 Å². The molecule has 2 nitrogen and oxygen atoms in total. The summed E-state index contributed by atoms with van der Waals surface area (Å²) < 4.78 is 30.5. The number of hydrogen-bond acceptors (Lipinski definition) is 2. The van der Waals surface area contributed by atoms with Gasteiger partial charge in [0.15, 0.2) is 11.6 Å². The summed E-state index contributed by atoms with van der Waals surface area (Å²) in [5.74, 6) is -1.46. The van der Waals surface area contributed by atoms with E-state index in [0.717, 1.165) is 12.1 Å². The Hall–Kier alpha value is -1.63. The minimum atomic E-state index is -0.676. The number of nitriles is 1. The predicted octanol–water partition coefficient (Wildman–Crippen LogP) is 2.04. The Bertz CT molecular complexity index is 357. The normalized spacial score (nSPS) is 9.38. The van der Waals surface area contributed by atoms with Crippen molar-refractivity contribution < 1.29 is 13.5 Å². The zero-order chi connectivity index (χ0) is 9.84. The van der Waals surface area contributed by atoms with Crippen molar-refractivity contribution in [3.8, 4) is 11.8 Å². The van der Waals surface area contributed by atoms with E-state index < -0.39 is 11.6 Å². The van der Waals surface area contributed by atoms with Gasteiger partial charge in [-0.2, -0.15) is 5.26 Å². The maximum atomic E-state index is 13.2. The van der Waals surface area contributed by atoms with Crippen molar-refractivity contribution in [2.24, 2.45) is 0 Å². The van der Waals surface area contributed by atoms with Gasteiger partial charge < -0.3 is 4.74 Å². The monoisotopic (exact) mass is 183 g/mol. The largest absolute Gasteiger partial charge is 0.494 e. The molecule has 1 aromatic carbocycles. The summed E-state index contributed by atoms with van der Waals surface area (Å²) in [6.45, 7) is 0. The van der Waals surface area contributed by atoms with E-state index in [9.17, 15) is 8.78 Å². The van der Waals surface area contributed by atoms with E-state index in [1.165, 1.54) is 7.11 Å². The Balaban J connectivity index is 3.20. The van der Waals surface area contributed by atoms with Crippen LogP contribution in [0.2, 0.25) is 0 Å². The van der Waals surface area contributed by atoms with Crippen LogP contribution in [0.5, 0.6) is 5.75 Å². The van der Waals surface area contributed by atoms with Crippen LogP contribution in [0.3, 0.4) is 0 Å². The molecule has 1 rings (SSSR count). The quantitative estimate of drug-likeness (QED) is 0.702. The molecule has 0 fully saturated rings. The van der Waals surface area contributed by atoms with Crippen LogP contribution in [0.25, 0.3) is 0 Å². The lowest BCUT2D eigenvalue weighted by atomic mass is 10.1. The van der Waals surface area contributed by atoms with Crippen LogP contribution < -0.4 is 4.74 Å². The van der Waals surface area contributed by atoms with Crippen molar-refractivity contribution in [3.63, 3.8) is 0 Å². The summed E-state index contributed by atoms with van der Waals surface area (Å²) in [6, 6.07) is 3.67. The van der Waals surface area contributed by atoms with Crippen LogP contribution in [0.4, 0.5) is 8.78 Å². The van der Waals surface area contributed by atoms with Gasteiger partial charge in [0.2, 0.25) is 0 Å². The van der Waals surface area contributed by atoms with Crippen molar-refractivity contribution in [2.45, 2.75) is 6.42 Å². The lowest BCUT2D eigenvalue weighted by molar-refractivity contribution is 0.380. The molecule has 1 aromatic rings. The highest BCUT2D eigenvalue weighted by Gasteiger charge is 2.10. The van der Waals surface area contributed by atoms with Crippen LogP contribution in [-0.2, 0) is 6.42 Å². The Labute approximate surface area is 74.4 Å². The molecule has 0 radical (unpaired) electrons. The van der Waals surface area contributed by atoms with Crippen molar-refractivity contribution in [2.75, 3.05) is 7.11 Å². The maximum absolute atomic E-state index is 13.2. The van der Waals surface area contributed by atoms with Gasteiger partial charge in [0.1, 0.15) is 5.82 Å². The number of rotatable bonds is 2. The zero-order valence-electron chi connectivity index (χ0n) is 6.97. The molecule has 0 aliphatic rings. The van der Waals surface area contributed by atoms with Crippen molar-refractivity contribution in [3.05, 3.63) is 29.3 Å². The molecule has 0 aromatic heterocycles. The van der Waals surface area contributed by atoms with Crippen molar-refractivity contribution in [1.82, 2.24) is 0 Å². The van der Waals surface area contributed by atoms with Crippen LogP contribution in [0.1, 0.15) is 5.56 Å². The molecule has 0 saturated carbocycles. The van der Waals surface area contributed by atoms with Crippen LogP contribution in [-0.4, -0.2) is 7.11 Å². The van der Waals surface area contributed by atoms with Gasteiger partial charge >= 0.3 is 0 Å². The average molecular weight is 183 g/mol. The summed E-state index contributed by atoms with van der Waals surface area (Å²) in [5.41, 5.74) is 0.0133. The van der Waals surface area contributed by atoms with Gasteiger partial charge in [-0.25, -0.2) is 8.78 Å². The van der Waals surface area contributed by atoms with Gasteiger partial charge in [-0.15, -0.1) is 0 Å². The fourth-order valence-electron chi connectivity index (χ4n) is 0.981. The highest BCUT2D eigenvalue weighted by atomic mass is 19.1. The number of nitrogens with zero attached hydrogens (tertiary/aromatic N) is 1. The number of ether oxygens (including phenoxy) is 1. The Morgan fingerprint density at radius 2 is 2.15 bits per heavy atom. The Morgan fingerprint density at radius 3 is 2.69 bits per heavy atom. The summed E-state index contributed by atoms with van der Waals surface area (Å²) in [5, 5.41) is 8.32. The molecule has 0 unspecified atom stereocenters. The third kappa shape index (κ3) is 1.94. The fraction of sp³-hybridized carbons (Fsp3) is 0.222. The molecular formula is C9H7F2NO.